The maximum atomic E-state index is 13.6. The minimum Gasteiger partial charge on any atom is -0.481 e. The van der Waals surface area contributed by atoms with Gasteiger partial charge in [0, 0.05) is 11.3 Å². The molecule has 4 nitrogen and oxygen atoms in total. The summed E-state index contributed by atoms with van der Waals surface area (Å²) in [6.07, 6.45) is 0.373. The first-order chi connectivity index (χ1) is 8.87. The zero-order chi connectivity index (χ0) is 14.5. The molecule has 0 fully saturated rings. The number of hydrogen-bond donors (Lipinski definition) is 1. The summed E-state index contributed by atoms with van der Waals surface area (Å²) < 4.78 is 36.7. The first-order valence-corrected chi connectivity index (χ1v) is 7.87. The molecule has 0 aromatic heterocycles. The Bertz CT molecular complexity index is 539. The van der Waals surface area contributed by atoms with Gasteiger partial charge in [0.1, 0.15) is 15.7 Å². The number of carbonyl (C=O) groups is 1. The van der Waals surface area contributed by atoms with E-state index in [1.54, 1.807) is 6.92 Å². The third-order valence-electron chi connectivity index (χ3n) is 2.81. The molecular formula is C13H17FO4S. The summed E-state index contributed by atoms with van der Waals surface area (Å²) in [5.74, 6) is -3.18. The number of hydrogen-bond acceptors (Lipinski definition) is 3. The fourth-order valence-corrected chi connectivity index (χ4v) is 3.30. The first kappa shape index (κ1) is 15.6. The lowest BCUT2D eigenvalue weighted by atomic mass is 9.96. The van der Waals surface area contributed by atoms with Crippen LogP contribution in [0.1, 0.15) is 31.2 Å². The molecule has 6 heteroatoms. The molecule has 0 saturated heterocycles. The Hall–Kier alpha value is -1.43. The molecule has 0 radical (unpaired) electrons. The van der Waals surface area contributed by atoms with E-state index in [4.69, 9.17) is 5.11 Å². The normalized spacial score (nSPS) is 13.2. The largest absolute Gasteiger partial charge is 0.481 e. The molecule has 0 amide bonds. The van der Waals surface area contributed by atoms with Gasteiger partial charge in [-0.2, -0.15) is 0 Å². The van der Waals surface area contributed by atoms with Crippen LogP contribution in [0.25, 0.3) is 0 Å². The third kappa shape index (κ3) is 4.63. The molecule has 1 rings (SSSR count). The van der Waals surface area contributed by atoms with Crippen molar-refractivity contribution in [3.8, 4) is 0 Å². The highest BCUT2D eigenvalue weighted by atomic mass is 32.2. The van der Waals surface area contributed by atoms with Gasteiger partial charge >= 0.3 is 5.97 Å². The second kappa shape index (κ2) is 6.65. The fraction of sp³-hybridized carbons (Fsp3) is 0.462. The van der Waals surface area contributed by atoms with E-state index in [2.05, 4.69) is 0 Å². The monoisotopic (exact) mass is 288 g/mol. The topological polar surface area (TPSA) is 71.4 Å². The van der Waals surface area contributed by atoms with Crippen LogP contribution >= 0.6 is 0 Å². The molecule has 19 heavy (non-hydrogen) atoms. The van der Waals surface area contributed by atoms with Gasteiger partial charge in [0.15, 0.2) is 0 Å². The zero-order valence-corrected chi connectivity index (χ0v) is 11.5. The van der Waals surface area contributed by atoms with E-state index in [9.17, 15) is 17.6 Å². The summed E-state index contributed by atoms with van der Waals surface area (Å²) in [6.45, 7) is 1.74. The Morgan fingerprint density at radius 3 is 2.47 bits per heavy atom. The highest BCUT2D eigenvalue weighted by Crippen LogP contribution is 2.23. The van der Waals surface area contributed by atoms with Crippen LogP contribution < -0.4 is 0 Å². The number of sulfone groups is 1. The summed E-state index contributed by atoms with van der Waals surface area (Å²) >= 11 is 0. The van der Waals surface area contributed by atoms with Crippen molar-refractivity contribution in [2.45, 2.75) is 25.7 Å². The molecule has 0 aliphatic rings. The lowest BCUT2D eigenvalue weighted by Crippen LogP contribution is -2.19. The van der Waals surface area contributed by atoms with E-state index >= 15 is 0 Å². The van der Waals surface area contributed by atoms with Gasteiger partial charge in [-0.15, -0.1) is 0 Å². The van der Waals surface area contributed by atoms with Gasteiger partial charge in [-0.05, 0) is 18.9 Å². The smallest absolute Gasteiger partial charge is 0.311 e. The number of carboxylic acid groups (broad SMARTS) is 1. The van der Waals surface area contributed by atoms with Crippen LogP contribution in [0.2, 0.25) is 0 Å². The molecule has 0 spiro atoms. The zero-order valence-electron chi connectivity index (χ0n) is 10.7. The molecule has 0 saturated carbocycles. The van der Waals surface area contributed by atoms with Crippen molar-refractivity contribution < 1.29 is 22.7 Å². The molecule has 1 N–H and O–H groups in total. The van der Waals surface area contributed by atoms with E-state index in [0.717, 1.165) is 0 Å². The average Bonchev–Trinajstić information content (AvgIpc) is 2.31. The van der Waals surface area contributed by atoms with Crippen molar-refractivity contribution >= 4 is 15.8 Å². The van der Waals surface area contributed by atoms with Crippen molar-refractivity contribution in [3.63, 3.8) is 0 Å². The van der Waals surface area contributed by atoms with Crippen LogP contribution in [-0.2, 0) is 14.6 Å². The first-order valence-electron chi connectivity index (χ1n) is 6.05. The SMILES string of the molecule is CCCS(=O)(=O)CCC(C(=O)O)c1ccccc1F. The predicted octanol–water partition coefficient (Wildman–Crippen LogP) is 2.21. The van der Waals surface area contributed by atoms with Crippen molar-refractivity contribution in [2.75, 3.05) is 11.5 Å². The van der Waals surface area contributed by atoms with E-state index in [-0.39, 0.29) is 23.5 Å². The minimum atomic E-state index is -3.27. The van der Waals surface area contributed by atoms with Crippen LogP contribution in [0.5, 0.6) is 0 Å². The van der Waals surface area contributed by atoms with Gasteiger partial charge in [0.05, 0.1) is 11.7 Å². The summed E-state index contributed by atoms with van der Waals surface area (Å²) in [6, 6.07) is 5.55. The lowest BCUT2D eigenvalue weighted by Gasteiger charge is -2.13. The summed E-state index contributed by atoms with van der Waals surface area (Å²) in [7, 11) is -3.27. The van der Waals surface area contributed by atoms with Crippen LogP contribution in [0, 0.1) is 5.82 Å². The molecule has 1 aromatic rings. The molecule has 1 atom stereocenters. The molecule has 1 unspecified atom stereocenters. The van der Waals surface area contributed by atoms with E-state index in [1.165, 1.54) is 24.3 Å². The maximum absolute atomic E-state index is 13.6. The molecular weight excluding hydrogens is 271 g/mol. The van der Waals surface area contributed by atoms with Gasteiger partial charge in [0.2, 0.25) is 0 Å². The Balaban J connectivity index is 2.87. The number of halogens is 1. The third-order valence-corrected chi connectivity index (χ3v) is 4.70. The predicted molar refractivity (Wildman–Crippen MR) is 70.3 cm³/mol. The summed E-state index contributed by atoms with van der Waals surface area (Å²) in [5.41, 5.74) is 0.0294. The van der Waals surface area contributed by atoms with Crippen molar-refractivity contribution in [1.82, 2.24) is 0 Å². The quantitative estimate of drug-likeness (QED) is 0.835. The Kier molecular flexibility index (Phi) is 5.47. The Morgan fingerprint density at radius 1 is 1.32 bits per heavy atom. The standard InChI is InChI=1S/C13H17FO4S/c1-2-8-19(17,18)9-7-11(13(15)16)10-5-3-4-6-12(10)14/h3-6,11H,2,7-9H2,1H3,(H,15,16). The average molecular weight is 288 g/mol. The molecule has 106 valence electrons. The van der Waals surface area contributed by atoms with Gasteiger partial charge in [-0.1, -0.05) is 25.1 Å². The highest BCUT2D eigenvalue weighted by molar-refractivity contribution is 7.91. The van der Waals surface area contributed by atoms with Gasteiger partial charge < -0.3 is 5.11 Å². The van der Waals surface area contributed by atoms with Gasteiger partial charge in [-0.25, -0.2) is 12.8 Å². The second-order valence-corrected chi connectivity index (χ2v) is 6.66. The summed E-state index contributed by atoms with van der Waals surface area (Å²) in [5, 5.41) is 9.12. The molecule has 1 aromatic carbocycles. The van der Waals surface area contributed by atoms with Crippen LogP contribution in [0.15, 0.2) is 24.3 Å². The molecule has 0 aliphatic carbocycles. The molecule has 0 aliphatic heterocycles. The van der Waals surface area contributed by atoms with Crippen LogP contribution in [0.4, 0.5) is 4.39 Å². The summed E-state index contributed by atoms with van der Waals surface area (Å²) in [4.78, 5) is 11.2. The van der Waals surface area contributed by atoms with E-state index in [0.29, 0.717) is 6.42 Å². The number of carboxylic acids is 1. The molecule has 0 bridgehead atoms. The number of rotatable bonds is 7. The second-order valence-electron chi connectivity index (χ2n) is 4.35. The van der Waals surface area contributed by atoms with Crippen molar-refractivity contribution in [2.24, 2.45) is 0 Å². The fourth-order valence-electron chi connectivity index (χ4n) is 1.88. The Labute approximate surface area is 112 Å². The van der Waals surface area contributed by atoms with Gasteiger partial charge in [-0.3, -0.25) is 4.79 Å². The highest BCUT2D eigenvalue weighted by Gasteiger charge is 2.25. The van der Waals surface area contributed by atoms with E-state index < -0.39 is 27.5 Å². The van der Waals surface area contributed by atoms with Crippen molar-refractivity contribution in [1.29, 1.82) is 0 Å². The number of aliphatic carboxylic acids is 1. The van der Waals surface area contributed by atoms with Crippen LogP contribution in [-0.4, -0.2) is 31.0 Å². The van der Waals surface area contributed by atoms with Crippen LogP contribution in [0.3, 0.4) is 0 Å². The minimum absolute atomic E-state index is 0.0244. The Morgan fingerprint density at radius 2 is 1.95 bits per heavy atom. The van der Waals surface area contributed by atoms with E-state index in [1.807, 2.05) is 0 Å². The maximum Gasteiger partial charge on any atom is 0.311 e. The van der Waals surface area contributed by atoms with Crippen molar-refractivity contribution in [3.05, 3.63) is 35.6 Å². The van der Waals surface area contributed by atoms with Gasteiger partial charge in [0.25, 0.3) is 0 Å². The molecule has 0 heterocycles. The lowest BCUT2D eigenvalue weighted by molar-refractivity contribution is -0.138. The number of benzene rings is 1.